The number of rotatable bonds is 3. The number of halogens is 2. The fraction of sp³-hybridized carbons (Fsp3) is 0.375. The second-order valence-corrected chi connectivity index (χ2v) is 2.06. The van der Waals surface area contributed by atoms with Crippen LogP contribution in [0.5, 0.6) is 0 Å². The molecule has 0 spiro atoms. The molecular weight excluding hydrogens is 166 g/mol. The third-order valence-electron chi connectivity index (χ3n) is 0.974. The molecule has 12 heavy (non-hydrogen) atoms. The van der Waals surface area contributed by atoms with E-state index < -0.39 is 18.2 Å². The Morgan fingerprint density at radius 1 is 1.50 bits per heavy atom. The van der Waals surface area contributed by atoms with Crippen LogP contribution in [0.4, 0.5) is 8.78 Å². The van der Waals surface area contributed by atoms with Gasteiger partial charge >= 0.3 is 5.97 Å². The molecule has 1 unspecified atom stereocenters. The van der Waals surface area contributed by atoms with E-state index in [0.717, 1.165) is 0 Å². The summed E-state index contributed by atoms with van der Waals surface area (Å²) in [4.78, 5) is 10.4. The predicted molar refractivity (Wildman–Crippen MR) is 40.7 cm³/mol. The van der Waals surface area contributed by atoms with Crippen LogP contribution in [0.3, 0.4) is 0 Å². The standard InChI is InChI=1S/C8H10F2O2/c1-3-4-7(5-8(9)10)12-6(2)11/h3-5,7H,1-2H3/b4-3-. The normalized spacial score (nSPS) is 12.7. The van der Waals surface area contributed by atoms with Crippen LogP contribution >= 0.6 is 0 Å². The van der Waals surface area contributed by atoms with Crippen LogP contribution in [0.25, 0.3) is 0 Å². The molecule has 0 aromatic rings. The summed E-state index contributed by atoms with van der Waals surface area (Å²) in [6, 6.07) is 0. The Kier molecular flexibility index (Phi) is 4.92. The number of esters is 1. The zero-order valence-corrected chi connectivity index (χ0v) is 6.88. The molecule has 0 aliphatic rings. The average molecular weight is 176 g/mol. The highest BCUT2D eigenvalue weighted by Gasteiger charge is 2.05. The molecule has 0 aliphatic carbocycles. The smallest absolute Gasteiger partial charge is 0.303 e. The van der Waals surface area contributed by atoms with E-state index in [1.165, 1.54) is 19.1 Å². The molecular formula is C8H10F2O2. The minimum atomic E-state index is -1.86. The monoisotopic (exact) mass is 176 g/mol. The topological polar surface area (TPSA) is 26.3 Å². The molecule has 0 bridgehead atoms. The zero-order chi connectivity index (χ0) is 9.56. The third kappa shape index (κ3) is 5.58. The van der Waals surface area contributed by atoms with Crippen LogP contribution in [0, 0.1) is 0 Å². The number of carbonyl (C=O) groups is 1. The van der Waals surface area contributed by atoms with Crippen LogP contribution in [0.1, 0.15) is 13.8 Å². The lowest BCUT2D eigenvalue weighted by Crippen LogP contribution is -2.10. The van der Waals surface area contributed by atoms with Crippen molar-refractivity contribution in [2.45, 2.75) is 20.0 Å². The summed E-state index contributed by atoms with van der Waals surface area (Å²) in [6.07, 6.45) is 0.645. The van der Waals surface area contributed by atoms with Gasteiger partial charge in [-0.05, 0) is 13.0 Å². The van der Waals surface area contributed by atoms with Crippen molar-refractivity contribution in [1.82, 2.24) is 0 Å². The largest absolute Gasteiger partial charge is 0.454 e. The van der Waals surface area contributed by atoms with Gasteiger partial charge in [-0.1, -0.05) is 6.08 Å². The average Bonchev–Trinajstić information content (AvgIpc) is 1.84. The minimum absolute atomic E-state index is 0.571. The van der Waals surface area contributed by atoms with Gasteiger partial charge in [0.2, 0.25) is 0 Å². The summed E-state index contributed by atoms with van der Waals surface area (Å²) in [6.45, 7) is 2.82. The molecule has 4 heteroatoms. The lowest BCUT2D eigenvalue weighted by atomic mass is 10.3. The molecule has 0 aromatic heterocycles. The minimum Gasteiger partial charge on any atom is -0.454 e. The van der Waals surface area contributed by atoms with Crippen molar-refractivity contribution in [3.8, 4) is 0 Å². The van der Waals surface area contributed by atoms with E-state index in [1.54, 1.807) is 6.92 Å². The van der Waals surface area contributed by atoms with E-state index in [9.17, 15) is 13.6 Å². The van der Waals surface area contributed by atoms with Crippen LogP contribution in [0.15, 0.2) is 24.3 Å². The maximum atomic E-state index is 11.7. The number of allylic oxidation sites excluding steroid dienone is 1. The molecule has 0 amide bonds. The first-order valence-corrected chi connectivity index (χ1v) is 3.39. The SMILES string of the molecule is C/C=C\C(C=C(F)F)OC(C)=O. The molecule has 0 radical (unpaired) electrons. The third-order valence-corrected chi connectivity index (χ3v) is 0.974. The van der Waals surface area contributed by atoms with E-state index in [2.05, 4.69) is 4.74 Å². The Morgan fingerprint density at radius 3 is 2.42 bits per heavy atom. The van der Waals surface area contributed by atoms with Crippen LogP contribution < -0.4 is 0 Å². The summed E-state index contributed by atoms with van der Waals surface area (Å²) in [5.41, 5.74) is 0. The highest BCUT2D eigenvalue weighted by atomic mass is 19.3. The van der Waals surface area contributed by atoms with E-state index in [1.807, 2.05) is 0 Å². The van der Waals surface area contributed by atoms with Gasteiger partial charge in [0.15, 0.2) is 0 Å². The van der Waals surface area contributed by atoms with E-state index in [-0.39, 0.29) is 0 Å². The van der Waals surface area contributed by atoms with Gasteiger partial charge in [0.1, 0.15) is 6.10 Å². The van der Waals surface area contributed by atoms with Gasteiger partial charge in [-0.2, -0.15) is 8.78 Å². The highest BCUT2D eigenvalue weighted by molar-refractivity contribution is 5.66. The Balaban J connectivity index is 4.23. The maximum Gasteiger partial charge on any atom is 0.303 e. The van der Waals surface area contributed by atoms with Gasteiger partial charge in [0.05, 0.1) is 0 Å². The molecule has 68 valence electrons. The first-order valence-electron chi connectivity index (χ1n) is 3.39. The van der Waals surface area contributed by atoms with Crippen molar-refractivity contribution in [2.75, 3.05) is 0 Å². The number of hydrogen-bond donors (Lipinski definition) is 0. The molecule has 0 aliphatic heterocycles. The molecule has 0 heterocycles. The molecule has 0 rings (SSSR count). The first-order chi connectivity index (χ1) is 5.56. The van der Waals surface area contributed by atoms with E-state index in [0.29, 0.717) is 6.08 Å². The lowest BCUT2D eigenvalue weighted by Gasteiger charge is -2.06. The lowest BCUT2D eigenvalue weighted by molar-refractivity contribution is -0.142. The van der Waals surface area contributed by atoms with Gasteiger partial charge in [-0.25, -0.2) is 0 Å². The van der Waals surface area contributed by atoms with Crippen LogP contribution in [-0.4, -0.2) is 12.1 Å². The summed E-state index contributed by atoms with van der Waals surface area (Å²) in [5, 5.41) is 0. The summed E-state index contributed by atoms with van der Waals surface area (Å²) >= 11 is 0. The fourth-order valence-corrected chi connectivity index (χ4v) is 0.634. The predicted octanol–water partition coefficient (Wildman–Crippen LogP) is 2.27. The molecule has 1 atom stereocenters. The van der Waals surface area contributed by atoms with Crippen molar-refractivity contribution in [3.63, 3.8) is 0 Å². The second-order valence-electron chi connectivity index (χ2n) is 2.06. The van der Waals surface area contributed by atoms with Crippen molar-refractivity contribution in [1.29, 1.82) is 0 Å². The number of ether oxygens (including phenoxy) is 1. The Bertz CT molecular complexity index is 205. The van der Waals surface area contributed by atoms with Gasteiger partial charge in [0.25, 0.3) is 6.08 Å². The fourth-order valence-electron chi connectivity index (χ4n) is 0.634. The summed E-state index contributed by atoms with van der Waals surface area (Å²) < 4.78 is 27.9. The van der Waals surface area contributed by atoms with Gasteiger partial charge in [-0.3, -0.25) is 4.79 Å². The molecule has 2 nitrogen and oxygen atoms in total. The summed E-state index contributed by atoms with van der Waals surface area (Å²) in [7, 11) is 0. The molecule has 0 fully saturated rings. The molecule has 0 N–H and O–H groups in total. The quantitative estimate of drug-likeness (QED) is 0.487. The van der Waals surface area contributed by atoms with E-state index >= 15 is 0 Å². The maximum absolute atomic E-state index is 11.7. The van der Waals surface area contributed by atoms with Gasteiger partial charge < -0.3 is 4.74 Å². The first kappa shape index (κ1) is 10.8. The van der Waals surface area contributed by atoms with Crippen molar-refractivity contribution < 1.29 is 18.3 Å². The highest BCUT2D eigenvalue weighted by Crippen LogP contribution is 2.04. The van der Waals surface area contributed by atoms with Crippen LogP contribution in [0.2, 0.25) is 0 Å². The number of hydrogen-bond acceptors (Lipinski definition) is 2. The number of carbonyl (C=O) groups excluding carboxylic acids is 1. The molecule has 0 aromatic carbocycles. The molecule has 0 saturated heterocycles. The Morgan fingerprint density at radius 2 is 2.08 bits per heavy atom. The van der Waals surface area contributed by atoms with Crippen molar-refractivity contribution in [3.05, 3.63) is 24.3 Å². The Labute approximate surface area is 69.5 Å². The van der Waals surface area contributed by atoms with E-state index in [4.69, 9.17) is 0 Å². The summed E-state index contributed by atoms with van der Waals surface area (Å²) in [5.74, 6) is -0.587. The van der Waals surface area contributed by atoms with Crippen molar-refractivity contribution in [2.24, 2.45) is 0 Å². The second kappa shape index (κ2) is 5.46. The van der Waals surface area contributed by atoms with Crippen molar-refractivity contribution >= 4 is 5.97 Å². The zero-order valence-electron chi connectivity index (χ0n) is 6.88. The van der Waals surface area contributed by atoms with Gasteiger partial charge in [-0.15, -0.1) is 0 Å². The van der Waals surface area contributed by atoms with Gasteiger partial charge in [0, 0.05) is 13.0 Å². The van der Waals surface area contributed by atoms with Crippen LogP contribution in [-0.2, 0) is 9.53 Å². The molecule has 0 saturated carbocycles. The Hall–Kier alpha value is -1.19.